The summed E-state index contributed by atoms with van der Waals surface area (Å²) >= 11 is 0. The second kappa shape index (κ2) is 55.0. The van der Waals surface area contributed by atoms with Crippen LogP contribution in [-0.4, -0.2) is 37.2 Å². The number of unbranched alkanes of at least 4 members (excludes halogenated alkanes) is 35. The molecule has 66 heavy (non-hydrogen) atoms. The molecule has 0 saturated carbocycles. The number of allylic oxidation sites excluding steroid dienone is 8. The molecule has 0 aromatic heterocycles. The summed E-state index contributed by atoms with van der Waals surface area (Å²) in [7, 11) is 0. The molecule has 0 aliphatic rings. The Bertz CT molecular complexity index is 1150. The molecule has 0 bridgehead atoms. The number of carbonyl (C=O) groups is 3. The molecule has 0 aromatic carbocycles. The van der Waals surface area contributed by atoms with Crippen molar-refractivity contribution in [2.24, 2.45) is 0 Å². The Balaban J connectivity index is 4.41. The fourth-order valence-electron chi connectivity index (χ4n) is 8.26. The number of hydrogen-bond donors (Lipinski definition) is 0. The molecule has 0 radical (unpaired) electrons. The van der Waals surface area contributed by atoms with E-state index < -0.39 is 6.10 Å². The van der Waals surface area contributed by atoms with Gasteiger partial charge in [-0.25, -0.2) is 0 Å². The topological polar surface area (TPSA) is 78.9 Å². The van der Waals surface area contributed by atoms with Crippen LogP contribution in [0.15, 0.2) is 48.6 Å². The van der Waals surface area contributed by atoms with Crippen molar-refractivity contribution in [3.8, 4) is 0 Å². The van der Waals surface area contributed by atoms with Crippen LogP contribution >= 0.6 is 0 Å². The molecule has 0 aromatic rings. The SMILES string of the molecule is CCCCCCC\C=C/C=C\C=C/CCCCCCCC(=O)OCC(COC(=O)CCCCC/C=C\CCCCCCCCC)OC(=O)CCCCCCCCCCCCCCCCCC. The lowest BCUT2D eigenvalue weighted by atomic mass is 10.0. The molecule has 0 spiro atoms. The Kier molecular flexibility index (Phi) is 52.8. The minimum Gasteiger partial charge on any atom is -0.462 e. The predicted octanol–water partition coefficient (Wildman–Crippen LogP) is 19.0. The van der Waals surface area contributed by atoms with Gasteiger partial charge in [-0.05, 0) is 70.6 Å². The van der Waals surface area contributed by atoms with Gasteiger partial charge in [-0.2, -0.15) is 0 Å². The van der Waals surface area contributed by atoms with Gasteiger partial charge in [0.1, 0.15) is 13.2 Å². The molecule has 6 nitrogen and oxygen atoms in total. The third-order valence-electron chi connectivity index (χ3n) is 12.6. The highest BCUT2D eigenvalue weighted by molar-refractivity contribution is 5.71. The molecule has 0 heterocycles. The lowest BCUT2D eigenvalue weighted by molar-refractivity contribution is -0.167. The van der Waals surface area contributed by atoms with E-state index in [4.69, 9.17) is 14.2 Å². The van der Waals surface area contributed by atoms with Crippen LogP contribution in [-0.2, 0) is 28.6 Å². The summed E-state index contributed by atoms with van der Waals surface area (Å²) in [4.78, 5) is 38.1. The molecule has 6 heteroatoms. The van der Waals surface area contributed by atoms with Gasteiger partial charge in [0.2, 0.25) is 0 Å². The first-order chi connectivity index (χ1) is 32.5. The van der Waals surface area contributed by atoms with Gasteiger partial charge >= 0.3 is 17.9 Å². The molecule has 0 rings (SSSR count). The molecule has 0 amide bonds. The van der Waals surface area contributed by atoms with Crippen LogP contribution in [0.4, 0.5) is 0 Å². The molecule has 384 valence electrons. The summed E-state index contributed by atoms with van der Waals surface area (Å²) in [6.45, 7) is 6.62. The van der Waals surface area contributed by atoms with Gasteiger partial charge in [0.05, 0.1) is 0 Å². The van der Waals surface area contributed by atoms with Crippen LogP contribution in [0.2, 0.25) is 0 Å². The maximum Gasteiger partial charge on any atom is 0.306 e. The van der Waals surface area contributed by atoms with Gasteiger partial charge in [0.15, 0.2) is 6.10 Å². The highest BCUT2D eigenvalue weighted by Gasteiger charge is 2.19. The number of carbonyl (C=O) groups excluding carboxylic acids is 3. The maximum absolute atomic E-state index is 12.8. The fraction of sp³-hybridized carbons (Fsp3) is 0.817. The van der Waals surface area contributed by atoms with Crippen molar-refractivity contribution in [1.29, 1.82) is 0 Å². The summed E-state index contributed by atoms with van der Waals surface area (Å²) < 4.78 is 16.8. The van der Waals surface area contributed by atoms with Gasteiger partial charge in [0, 0.05) is 19.3 Å². The highest BCUT2D eigenvalue weighted by Crippen LogP contribution is 2.16. The average Bonchev–Trinajstić information content (AvgIpc) is 3.31. The van der Waals surface area contributed by atoms with Crippen LogP contribution in [0.3, 0.4) is 0 Å². The van der Waals surface area contributed by atoms with E-state index in [2.05, 4.69) is 69.4 Å². The minimum absolute atomic E-state index is 0.0850. The molecule has 0 aliphatic heterocycles. The van der Waals surface area contributed by atoms with Crippen molar-refractivity contribution in [3.63, 3.8) is 0 Å². The highest BCUT2D eigenvalue weighted by atomic mass is 16.6. The number of rotatable bonds is 52. The number of ether oxygens (including phenoxy) is 3. The van der Waals surface area contributed by atoms with Crippen molar-refractivity contribution in [2.45, 2.75) is 303 Å². The van der Waals surface area contributed by atoms with E-state index in [-0.39, 0.29) is 31.1 Å². The van der Waals surface area contributed by atoms with Crippen LogP contribution in [0, 0.1) is 0 Å². The van der Waals surface area contributed by atoms with E-state index in [1.165, 1.54) is 167 Å². The van der Waals surface area contributed by atoms with Gasteiger partial charge in [-0.15, -0.1) is 0 Å². The fourth-order valence-corrected chi connectivity index (χ4v) is 8.26. The summed E-state index contributed by atoms with van der Waals surface area (Å²) in [6, 6.07) is 0. The van der Waals surface area contributed by atoms with E-state index in [1.54, 1.807) is 0 Å². The predicted molar refractivity (Wildman–Crippen MR) is 284 cm³/mol. The molecular weight excluding hydrogens is 817 g/mol. The second-order valence-electron chi connectivity index (χ2n) is 19.3. The van der Waals surface area contributed by atoms with Crippen molar-refractivity contribution in [2.75, 3.05) is 13.2 Å². The zero-order valence-corrected chi connectivity index (χ0v) is 44.0. The summed E-state index contributed by atoms with van der Waals surface area (Å²) in [5.41, 5.74) is 0. The zero-order chi connectivity index (χ0) is 47.9. The molecule has 1 unspecified atom stereocenters. The molecular formula is C60H108O6. The van der Waals surface area contributed by atoms with Gasteiger partial charge in [-0.1, -0.05) is 256 Å². The zero-order valence-electron chi connectivity index (χ0n) is 44.0. The van der Waals surface area contributed by atoms with Crippen LogP contribution in [0.25, 0.3) is 0 Å². The van der Waals surface area contributed by atoms with E-state index in [1.807, 2.05) is 0 Å². The second-order valence-corrected chi connectivity index (χ2v) is 19.3. The first-order valence-corrected chi connectivity index (χ1v) is 28.7. The van der Waals surface area contributed by atoms with Crippen molar-refractivity contribution in [3.05, 3.63) is 48.6 Å². The number of hydrogen-bond acceptors (Lipinski definition) is 6. The third kappa shape index (κ3) is 52.3. The molecule has 0 aliphatic carbocycles. The Hall–Kier alpha value is -2.63. The Morgan fingerprint density at radius 2 is 0.561 bits per heavy atom. The quantitative estimate of drug-likeness (QED) is 0.0199. The monoisotopic (exact) mass is 925 g/mol. The standard InChI is InChI=1S/C60H108O6/c1-4-7-10-13-16-19-22-25-28-30-31-33-35-38-41-44-47-50-53-59(62)65-56-57(55-64-58(61)52-49-46-43-40-37-34-27-24-21-18-15-12-9-6-3)66-60(63)54-51-48-45-42-39-36-32-29-26-23-20-17-14-11-8-5-2/h22,25,28,30-31,33-34,37,57H,4-21,23-24,26-27,29,32,35-36,38-56H2,1-3H3/b25-22-,30-28-,33-31-,37-34-. The van der Waals surface area contributed by atoms with Crippen LogP contribution in [0.1, 0.15) is 297 Å². The number of esters is 3. The third-order valence-corrected chi connectivity index (χ3v) is 12.6. The lowest BCUT2D eigenvalue weighted by Gasteiger charge is -2.18. The van der Waals surface area contributed by atoms with Crippen molar-refractivity contribution >= 4 is 17.9 Å². The van der Waals surface area contributed by atoms with E-state index in [0.717, 1.165) is 89.9 Å². The summed E-state index contributed by atoms with van der Waals surface area (Å²) in [5.74, 6) is -0.904. The molecule has 0 fully saturated rings. The van der Waals surface area contributed by atoms with Crippen LogP contribution < -0.4 is 0 Å². The normalized spacial score (nSPS) is 12.3. The van der Waals surface area contributed by atoms with E-state index >= 15 is 0 Å². The smallest absolute Gasteiger partial charge is 0.306 e. The average molecular weight is 926 g/mol. The first kappa shape index (κ1) is 63.4. The lowest BCUT2D eigenvalue weighted by Crippen LogP contribution is -2.30. The van der Waals surface area contributed by atoms with Gasteiger partial charge in [0.25, 0.3) is 0 Å². The minimum atomic E-state index is -0.785. The summed E-state index contributed by atoms with van der Waals surface area (Å²) in [5, 5.41) is 0. The molecule has 0 saturated heterocycles. The maximum atomic E-state index is 12.8. The van der Waals surface area contributed by atoms with Crippen molar-refractivity contribution in [1.82, 2.24) is 0 Å². The van der Waals surface area contributed by atoms with E-state index in [9.17, 15) is 14.4 Å². The van der Waals surface area contributed by atoms with E-state index in [0.29, 0.717) is 19.3 Å². The first-order valence-electron chi connectivity index (χ1n) is 28.7. The van der Waals surface area contributed by atoms with Gasteiger partial charge in [-0.3, -0.25) is 14.4 Å². The Morgan fingerprint density at radius 3 is 0.894 bits per heavy atom. The largest absolute Gasteiger partial charge is 0.462 e. The molecule has 0 N–H and O–H groups in total. The van der Waals surface area contributed by atoms with Crippen LogP contribution in [0.5, 0.6) is 0 Å². The summed E-state index contributed by atoms with van der Waals surface area (Å²) in [6.07, 6.45) is 66.7. The Morgan fingerprint density at radius 1 is 0.303 bits per heavy atom. The molecule has 1 atom stereocenters. The van der Waals surface area contributed by atoms with Crippen molar-refractivity contribution < 1.29 is 28.6 Å². The van der Waals surface area contributed by atoms with Gasteiger partial charge < -0.3 is 14.2 Å². The Labute approximate surface area is 409 Å².